The molecule has 0 fully saturated rings. The highest BCUT2D eigenvalue weighted by Gasteiger charge is 2.20. The van der Waals surface area contributed by atoms with Crippen molar-refractivity contribution in [3.8, 4) is 16.9 Å². The van der Waals surface area contributed by atoms with Crippen LogP contribution in [0.5, 0.6) is 0 Å². The van der Waals surface area contributed by atoms with Gasteiger partial charge in [0.25, 0.3) is 5.91 Å². The molecular formula is C30H30N2O. The van der Waals surface area contributed by atoms with Crippen LogP contribution >= 0.6 is 0 Å². The molecule has 1 aromatic heterocycles. The van der Waals surface area contributed by atoms with Crippen molar-refractivity contribution in [2.45, 2.75) is 38.5 Å². The van der Waals surface area contributed by atoms with E-state index in [9.17, 15) is 4.79 Å². The normalized spacial score (nSPS) is 13.8. The second-order valence-corrected chi connectivity index (χ2v) is 8.98. The van der Waals surface area contributed by atoms with E-state index in [1.807, 2.05) is 30.3 Å². The predicted octanol–water partition coefficient (Wildman–Crippen LogP) is 6.56. The molecule has 5 rings (SSSR count). The summed E-state index contributed by atoms with van der Waals surface area (Å²) in [6.07, 6.45) is 4.72. The number of aromatic nitrogens is 1. The average molecular weight is 435 g/mol. The van der Waals surface area contributed by atoms with E-state index in [0.29, 0.717) is 12.1 Å². The van der Waals surface area contributed by atoms with Crippen LogP contribution in [-0.2, 0) is 12.8 Å². The molecule has 3 aromatic carbocycles. The number of rotatable bonds is 6. The molecule has 3 nitrogen and oxygen atoms in total. The van der Waals surface area contributed by atoms with Crippen LogP contribution in [0.15, 0.2) is 91.0 Å². The molecule has 166 valence electrons. The summed E-state index contributed by atoms with van der Waals surface area (Å²) >= 11 is 0. The Morgan fingerprint density at radius 1 is 0.879 bits per heavy atom. The third kappa shape index (κ3) is 4.49. The Balaban J connectivity index is 1.37. The van der Waals surface area contributed by atoms with Gasteiger partial charge in [-0.25, -0.2) is 0 Å². The van der Waals surface area contributed by atoms with Crippen molar-refractivity contribution in [1.29, 1.82) is 0 Å². The van der Waals surface area contributed by atoms with E-state index >= 15 is 0 Å². The number of nitrogens with zero attached hydrogens (tertiary/aromatic N) is 1. The van der Waals surface area contributed by atoms with Crippen molar-refractivity contribution < 1.29 is 4.79 Å². The summed E-state index contributed by atoms with van der Waals surface area (Å²) in [5.74, 6) is 0.247. The highest BCUT2D eigenvalue weighted by molar-refractivity contribution is 5.94. The minimum absolute atomic E-state index is 0.0258. The lowest BCUT2D eigenvalue weighted by atomic mass is 9.98. The second-order valence-electron chi connectivity index (χ2n) is 8.98. The molecule has 1 atom stereocenters. The van der Waals surface area contributed by atoms with Gasteiger partial charge in [-0.3, -0.25) is 4.79 Å². The zero-order valence-corrected chi connectivity index (χ0v) is 19.1. The topological polar surface area (TPSA) is 34.0 Å². The van der Waals surface area contributed by atoms with Crippen LogP contribution in [0.1, 0.15) is 52.9 Å². The van der Waals surface area contributed by atoms with Crippen LogP contribution in [-0.4, -0.2) is 17.0 Å². The van der Waals surface area contributed by atoms with Crippen LogP contribution in [0.3, 0.4) is 0 Å². The number of benzene rings is 3. The van der Waals surface area contributed by atoms with Gasteiger partial charge in [0.2, 0.25) is 0 Å². The van der Waals surface area contributed by atoms with Gasteiger partial charge in [0.05, 0.1) is 5.69 Å². The summed E-state index contributed by atoms with van der Waals surface area (Å²) in [5.41, 5.74) is 8.37. The maximum absolute atomic E-state index is 12.8. The van der Waals surface area contributed by atoms with Gasteiger partial charge in [-0.15, -0.1) is 0 Å². The molecule has 1 aliphatic carbocycles. The second kappa shape index (κ2) is 9.50. The highest BCUT2D eigenvalue weighted by atomic mass is 16.1. The maximum Gasteiger partial charge on any atom is 0.251 e. The molecule has 1 amide bonds. The SMILES string of the molecule is C[C@@H](CNC(=O)c1ccc(-n2c(-c3ccccc3)cc3c2CCCC3)cc1)c1ccccc1. The Kier molecular flexibility index (Phi) is 6.12. The summed E-state index contributed by atoms with van der Waals surface area (Å²) in [5, 5.41) is 3.09. The van der Waals surface area contributed by atoms with Gasteiger partial charge in [-0.05, 0) is 78.6 Å². The maximum atomic E-state index is 12.8. The average Bonchev–Trinajstić information content (AvgIpc) is 3.28. The molecule has 4 aromatic rings. The van der Waals surface area contributed by atoms with Gasteiger partial charge < -0.3 is 9.88 Å². The van der Waals surface area contributed by atoms with E-state index in [0.717, 1.165) is 18.5 Å². The minimum Gasteiger partial charge on any atom is -0.351 e. The van der Waals surface area contributed by atoms with Crippen molar-refractivity contribution >= 4 is 5.91 Å². The number of carbonyl (C=O) groups is 1. The minimum atomic E-state index is -0.0258. The summed E-state index contributed by atoms with van der Waals surface area (Å²) < 4.78 is 2.39. The molecular weight excluding hydrogens is 404 g/mol. The van der Waals surface area contributed by atoms with E-state index in [1.165, 1.54) is 40.9 Å². The van der Waals surface area contributed by atoms with Crippen molar-refractivity contribution in [2.24, 2.45) is 0 Å². The molecule has 0 saturated heterocycles. The number of hydrogen-bond acceptors (Lipinski definition) is 1. The first-order valence-electron chi connectivity index (χ1n) is 11.9. The van der Waals surface area contributed by atoms with Gasteiger partial charge in [-0.1, -0.05) is 67.6 Å². The number of aryl methyl sites for hydroxylation is 1. The zero-order valence-electron chi connectivity index (χ0n) is 19.1. The summed E-state index contributed by atoms with van der Waals surface area (Å²) in [7, 11) is 0. The first kappa shape index (κ1) is 21.3. The van der Waals surface area contributed by atoms with Gasteiger partial charge in [0, 0.05) is 23.5 Å². The first-order chi connectivity index (χ1) is 16.2. The molecule has 0 spiro atoms. The Morgan fingerprint density at radius 3 is 2.27 bits per heavy atom. The fourth-order valence-corrected chi connectivity index (χ4v) is 4.82. The van der Waals surface area contributed by atoms with Gasteiger partial charge in [-0.2, -0.15) is 0 Å². The van der Waals surface area contributed by atoms with E-state index in [1.54, 1.807) is 0 Å². The monoisotopic (exact) mass is 434 g/mol. The van der Waals surface area contributed by atoms with E-state index < -0.39 is 0 Å². The van der Waals surface area contributed by atoms with Crippen molar-refractivity contribution in [2.75, 3.05) is 6.54 Å². The molecule has 0 bridgehead atoms. The molecule has 1 N–H and O–H groups in total. The molecule has 3 heteroatoms. The smallest absolute Gasteiger partial charge is 0.251 e. The van der Waals surface area contributed by atoms with Gasteiger partial charge >= 0.3 is 0 Å². The fourth-order valence-electron chi connectivity index (χ4n) is 4.82. The summed E-state index contributed by atoms with van der Waals surface area (Å²) in [4.78, 5) is 12.8. The molecule has 0 saturated carbocycles. The number of fused-ring (bicyclic) bond motifs is 1. The van der Waals surface area contributed by atoms with Crippen LogP contribution in [0.4, 0.5) is 0 Å². The molecule has 0 aliphatic heterocycles. The number of carbonyl (C=O) groups excluding carboxylic acids is 1. The number of nitrogens with one attached hydrogen (secondary N) is 1. The quantitative estimate of drug-likeness (QED) is 0.366. The Labute approximate surface area is 196 Å². The molecule has 33 heavy (non-hydrogen) atoms. The van der Waals surface area contributed by atoms with E-state index in [2.05, 4.69) is 77.5 Å². The Hall–Kier alpha value is -3.59. The molecule has 1 aliphatic rings. The zero-order chi connectivity index (χ0) is 22.6. The van der Waals surface area contributed by atoms with Crippen molar-refractivity contribution in [1.82, 2.24) is 9.88 Å². The van der Waals surface area contributed by atoms with Crippen LogP contribution < -0.4 is 5.32 Å². The third-order valence-electron chi connectivity index (χ3n) is 6.70. The predicted molar refractivity (Wildman–Crippen MR) is 135 cm³/mol. The summed E-state index contributed by atoms with van der Waals surface area (Å²) in [6.45, 7) is 2.76. The Morgan fingerprint density at radius 2 is 1.55 bits per heavy atom. The lowest BCUT2D eigenvalue weighted by Gasteiger charge is -2.18. The number of hydrogen-bond donors (Lipinski definition) is 1. The van der Waals surface area contributed by atoms with Gasteiger partial charge in [0.1, 0.15) is 0 Å². The standard InChI is InChI=1S/C30H30N2O/c1-22(23-10-4-2-5-11-23)21-31-30(33)25-16-18-27(19-17-25)32-28-15-9-8-14-26(28)20-29(32)24-12-6-3-7-13-24/h2-7,10-13,16-20,22H,8-9,14-15,21H2,1H3,(H,31,33)/t22-/m0/s1. The van der Waals surface area contributed by atoms with E-state index in [-0.39, 0.29) is 11.8 Å². The summed E-state index contributed by atoms with van der Waals surface area (Å²) in [6, 6.07) is 31.3. The Bertz CT molecular complexity index is 1220. The lowest BCUT2D eigenvalue weighted by Crippen LogP contribution is -2.27. The van der Waals surface area contributed by atoms with Crippen molar-refractivity contribution in [3.05, 3.63) is 113 Å². The molecule has 1 heterocycles. The largest absolute Gasteiger partial charge is 0.351 e. The first-order valence-corrected chi connectivity index (χ1v) is 11.9. The number of amides is 1. The fraction of sp³-hybridized carbons (Fsp3) is 0.233. The van der Waals surface area contributed by atoms with Crippen LogP contribution in [0.25, 0.3) is 16.9 Å². The highest BCUT2D eigenvalue weighted by Crippen LogP contribution is 2.34. The van der Waals surface area contributed by atoms with Gasteiger partial charge in [0.15, 0.2) is 0 Å². The van der Waals surface area contributed by atoms with E-state index in [4.69, 9.17) is 0 Å². The third-order valence-corrected chi connectivity index (χ3v) is 6.70. The van der Waals surface area contributed by atoms with Crippen LogP contribution in [0.2, 0.25) is 0 Å². The van der Waals surface area contributed by atoms with Crippen LogP contribution in [0, 0.1) is 0 Å². The lowest BCUT2D eigenvalue weighted by molar-refractivity contribution is 0.0951. The van der Waals surface area contributed by atoms with Crippen molar-refractivity contribution in [3.63, 3.8) is 0 Å². The molecule has 0 unspecified atom stereocenters. The molecule has 0 radical (unpaired) electrons.